The highest BCUT2D eigenvalue weighted by Crippen LogP contribution is 2.31. The van der Waals surface area contributed by atoms with Gasteiger partial charge in [0.2, 0.25) is 0 Å². The van der Waals surface area contributed by atoms with E-state index in [4.69, 9.17) is 5.73 Å². The van der Waals surface area contributed by atoms with Gasteiger partial charge in [0, 0.05) is 16.9 Å². The molecule has 0 aliphatic rings. The summed E-state index contributed by atoms with van der Waals surface area (Å²) in [6.45, 7) is 2.04. The number of para-hydroxylation sites is 1. The summed E-state index contributed by atoms with van der Waals surface area (Å²) >= 11 is 1.58. The number of aromatic nitrogens is 1. The smallest absolute Gasteiger partial charge is 0.316 e. The molecule has 4 rings (SSSR count). The first-order chi connectivity index (χ1) is 14.9. The lowest BCUT2D eigenvalue weighted by molar-refractivity contribution is -0.135. The normalized spacial score (nSPS) is 10.6. The summed E-state index contributed by atoms with van der Waals surface area (Å²) in [5, 5.41) is 5.37. The summed E-state index contributed by atoms with van der Waals surface area (Å²) in [4.78, 5) is 41.0. The van der Waals surface area contributed by atoms with E-state index in [1.165, 1.54) is 17.7 Å². The zero-order valence-corrected chi connectivity index (χ0v) is 17.3. The van der Waals surface area contributed by atoms with E-state index >= 15 is 0 Å². The molecule has 7 nitrogen and oxygen atoms in total. The Morgan fingerprint density at radius 3 is 2.42 bits per heavy atom. The maximum Gasteiger partial charge on any atom is 0.316 e. The van der Waals surface area contributed by atoms with E-state index in [-0.39, 0.29) is 11.3 Å². The quantitative estimate of drug-likeness (QED) is 0.338. The van der Waals surface area contributed by atoms with Crippen LogP contribution in [-0.4, -0.2) is 22.7 Å². The van der Waals surface area contributed by atoms with Crippen LogP contribution < -0.4 is 16.4 Å². The predicted octanol–water partition coefficient (Wildman–Crippen LogP) is 3.75. The first-order valence-electron chi connectivity index (χ1n) is 9.39. The predicted molar refractivity (Wildman–Crippen MR) is 122 cm³/mol. The van der Waals surface area contributed by atoms with Crippen LogP contribution in [0.3, 0.4) is 0 Å². The molecule has 4 N–H and O–H groups in total. The van der Waals surface area contributed by atoms with Crippen LogP contribution in [0.1, 0.15) is 15.9 Å². The van der Waals surface area contributed by atoms with Crippen LogP contribution in [0.25, 0.3) is 20.8 Å². The fourth-order valence-electron chi connectivity index (χ4n) is 2.97. The molecular weight excluding hydrogens is 412 g/mol. The van der Waals surface area contributed by atoms with E-state index < -0.39 is 17.7 Å². The molecule has 8 heteroatoms. The molecule has 4 aromatic rings. The Bertz CT molecular complexity index is 1310. The fourth-order valence-corrected chi connectivity index (χ4v) is 4.04. The average molecular weight is 430 g/mol. The molecule has 154 valence electrons. The Morgan fingerprint density at radius 1 is 0.935 bits per heavy atom. The minimum absolute atomic E-state index is 0.124. The second-order valence-corrected chi connectivity index (χ2v) is 7.92. The maximum absolute atomic E-state index is 12.2. The maximum atomic E-state index is 12.2. The molecule has 0 saturated carbocycles. The molecule has 3 aromatic carbocycles. The van der Waals surface area contributed by atoms with Gasteiger partial charge in [-0.25, -0.2) is 4.98 Å². The number of anilines is 2. The minimum Gasteiger partial charge on any atom is -0.398 e. The van der Waals surface area contributed by atoms with Crippen LogP contribution >= 0.6 is 11.3 Å². The zero-order chi connectivity index (χ0) is 22.0. The first kappa shape index (κ1) is 20.2. The standard InChI is InChI=1S/C23H18N4O3S/c1-13-6-11-18-19(12-13)31-23(26-18)14-7-9-15(10-8-14)25-21(29)22(30)27-20(28)16-4-2-3-5-17(16)24/h2-12H,24H2,1H3,(H,25,29)(H,27,28,30). The van der Waals surface area contributed by atoms with Gasteiger partial charge in [0.05, 0.1) is 15.8 Å². The SMILES string of the molecule is Cc1ccc2nc(-c3ccc(NC(=O)C(=O)NC(=O)c4ccccc4N)cc3)sc2c1. The molecule has 0 bridgehead atoms. The molecule has 0 aliphatic heterocycles. The van der Waals surface area contributed by atoms with Crippen molar-refractivity contribution in [2.45, 2.75) is 6.92 Å². The number of nitrogens with two attached hydrogens (primary N) is 1. The molecule has 1 heterocycles. The molecular formula is C23H18N4O3S. The number of amides is 3. The van der Waals surface area contributed by atoms with Crippen molar-refractivity contribution in [1.82, 2.24) is 10.3 Å². The molecule has 1 aromatic heterocycles. The molecule has 0 spiro atoms. The van der Waals surface area contributed by atoms with Crippen molar-refractivity contribution >= 4 is 50.6 Å². The number of aryl methyl sites for hydroxylation is 1. The Balaban J connectivity index is 1.42. The number of nitrogen functional groups attached to an aromatic ring is 1. The number of rotatable bonds is 3. The lowest BCUT2D eigenvalue weighted by Crippen LogP contribution is -2.39. The van der Waals surface area contributed by atoms with E-state index in [0.717, 1.165) is 20.8 Å². The van der Waals surface area contributed by atoms with E-state index in [9.17, 15) is 14.4 Å². The summed E-state index contributed by atoms with van der Waals surface area (Å²) < 4.78 is 1.10. The van der Waals surface area contributed by atoms with Crippen molar-refractivity contribution in [2.24, 2.45) is 0 Å². The Kier molecular flexibility index (Phi) is 5.46. The number of nitrogens with zero attached hydrogens (tertiary/aromatic N) is 1. The van der Waals surface area contributed by atoms with Crippen molar-refractivity contribution in [3.05, 3.63) is 77.9 Å². The average Bonchev–Trinajstić information content (AvgIpc) is 3.17. The van der Waals surface area contributed by atoms with Crippen molar-refractivity contribution in [2.75, 3.05) is 11.1 Å². The molecule has 0 saturated heterocycles. The Labute approximate surface area is 181 Å². The zero-order valence-electron chi connectivity index (χ0n) is 16.5. The van der Waals surface area contributed by atoms with Crippen molar-refractivity contribution in [1.29, 1.82) is 0 Å². The monoisotopic (exact) mass is 430 g/mol. The van der Waals surface area contributed by atoms with Gasteiger partial charge in [-0.3, -0.25) is 19.7 Å². The van der Waals surface area contributed by atoms with Crippen LogP contribution in [0.15, 0.2) is 66.7 Å². The minimum atomic E-state index is -1.07. The van der Waals surface area contributed by atoms with E-state index in [1.807, 2.05) is 36.5 Å². The number of carbonyl (C=O) groups excluding carboxylic acids is 3. The Hall–Kier alpha value is -4.04. The third kappa shape index (κ3) is 4.44. The largest absolute Gasteiger partial charge is 0.398 e. The lowest BCUT2D eigenvalue weighted by Gasteiger charge is -2.07. The number of nitrogens with one attached hydrogen (secondary N) is 2. The molecule has 0 fully saturated rings. The highest BCUT2D eigenvalue weighted by molar-refractivity contribution is 7.21. The van der Waals surface area contributed by atoms with Gasteiger partial charge in [0.25, 0.3) is 5.91 Å². The van der Waals surface area contributed by atoms with Gasteiger partial charge >= 0.3 is 11.8 Å². The number of hydrogen-bond acceptors (Lipinski definition) is 6. The number of thiazole rings is 1. The highest BCUT2D eigenvalue weighted by atomic mass is 32.1. The third-order valence-corrected chi connectivity index (χ3v) is 5.64. The number of carbonyl (C=O) groups is 3. The van der Waals surface area contributed by atoms with Crippen molar-refractivity contribution in [3.8, 4) is 10.6 Å². The second-order valence-electron chi connectivity index (χ2n) is 6.89. The van der Waals surface area contributed by atoms with Gasteiger partial charge in [-0.1, -0.05) is 18.2 Å². The number of imide groups is 1. The molecule has 0 aliphatic carbocycles. The third-order valence-electron chi connectivity index (χ3n) is 4.57. The first-order valence-corrected chi connectivity index (χ1v) is 10.2. The molecule has 0 unspecified atom stereocenters. The van der Waals surface area contributed by atoms with Crippen LogP contribution in [0.2, 0.25) is 0 Å². The van der Waals surface area contributed by atoms with E-state index in [2.05, 4.69) is 16.4 Å². The van der Waals surface area contributed by atoms with Gasteiger partial charge < -0.3 is 11.1 Å². The summed E-state index contributed by atoms with van der Waals surface area (Å²) in [7, 11) is 0. The number of benzene rings is 3. The Morgan fingerprint density at radius 2 is 1.68 bits per heavy atom. The van der Waals surface area contributed by atoms with E-state index in [0.29, 0.717) is 5.69 Å². The van der Waals surface area contributed by atoms with Crippen LogP contribution in [0.5, 0.6) is 0 Å². The van der Waals surface area contributed by atoms with Gasteiger partial charge in [-0.2, -0.15) is 0 Å². The molecule has 31 heavy (non-hydrogen) atoms. The van der Waals surface area contributed by atoms with Crippen molar-refractivity contribution in [3.63, 3.8) is 0 Å². The summed E-state index contributed by atoms with van der Waals surface area (Å²) in [5.41, 5.74) is 9.48. The van der Waals surface area contributed by atoms with Gasteiger partial charge in [0.15, 0.2) is 0 Å². The molecule has 0 atom stereocenters. The van der Waals surface area contributed by atoms with Gasteiger partial charge in [-0.15, -0.1) is 11.3 Å². The summed E-state index contributed by atoms with van der Waals surface area (Å²) in [6, 6.07) is 19.4. The van der Waals surface area contributed by atoms with E-state index in [1.54, 1.807) is 35.6 Å². The summed E-state index contributed by atoms with van der Waals surface area (Å²) in [6.07, 6.45) is 0. The van der Waals surface area contributed by atoms with Crippen LogP contribution in [0.4, 0.5) is 11.4 Å². The van der Waals surface area contributed by atoms with Gasteiger partial charge in [0.1, 0.15) is 5.01 Å². The van der Waals surface area contributed by atoms with Gasteiger partial charge in [-0.05, 0) is 61.0 Å². The van der Waals surface area contributed by atoms with Crippen molar-refractivity contribution < 1.29 is 14.4 Å². The molecule has 0 radical (unpaired) electrons. The van der Waals surface area contributed by atoms with Crippen LogP contribution in [-0.2, 0) is 9.59 Å². The van der Waals surface area contributed by atoms with Crippen LogP contribution in [0, 0.1) is 6.92 Å². The number of fused-ring (bicyclic) bond motifs is 1. The topological polar surface area (TPSA) is 114 Å². The second kappa shape index (κ2) is 8.37. The fraction of sp³-hybridized carbons (Fsp3) is 0.0435. The molecule has 3 amide bonds. The highest BCUT2D eigenvalue weighted by Gasteiger charge is 2.19. The lowest BCUT2D eigenvalue weighted by atomic mass is 10.1. The summed E-state index contributed by atoms with van der Waals surface area (Å²) in [5.74, 6) is -2.76. The number of hydrogen-bond donors (Lipinski definition) is 3.